The molecule has 0 radical (unpaired) electrons. The lowest BCUT2D eigenvalue weighted by Crippen LogP contribution is -2.46. The van der Waals surface area contributed by atoms with Gasteiger partial charge in [0.15, 0.2) is 0 Å². The minimum Gasteiger partial charge on any atom is -0.375 e. The molecule has 2 heterocycles. The third kappa shape index (κ3) is 3.42. The molecular weight excluding hydrogens is 244 g/mol. The van der Waals surface area contributed by atoms with E-state index in [1.807, 2.05) is 13.8 Å². The van der Waals surface area contributed by atoms with E-state index in [0.29, 0.717) is 17.9 Å². The largest absolute Gasteiger partial charge is 0.375 e. The monoisotopic (exact) mass is 264 g/mol. The molecule has 6 heteroatoms. The van der Waals surface area contributed by atoms with Crippen LogP contribution in [0.1, 0.15) is 37.0 Å². The maximum atomic E-state index is 12.2. The van der Waals surface area contributed by atoms with Gasteiger partial charge in [-0.3, -0.25) is 15.6 Å². The molecular formula is C13H20N4O2. The zero-order valence-electron chi connectivity index (χ0n) is 11.3. The summed E-state index contributed by atoms with van der Waals surface area (Å²) < 4.78 is 5.63. The van der Waals surface area contributed by atoms with Crippen LogP contribution in [0.5, 0.6) is 0 Å². The van der Waals surface area contributed by atoms with Crippen LogP contribution >= 0.6 is 0 Å². The highest BCUT2D eigenvalue weighted by Gasteiger charge is 2.30. The SMILES string of the molecule is CC1(C)CC(NC(=O)c2ccncc2NN)CCO1. The van der Waals surface area contributed by atoms with Crippen molar-refractivity contribution in [1.82, 2.24) is 10.3 Å². The van der Waals surface area contributed by atoms with Crippen LogP contribution < -0.4 is 16.6 Å². The Balaban J connectivity index is 2.05. The van der Waals surface area contributed by atoms with Gasteiger partial charge >= 0.3 is 0 Å². The van der Waals surface area contributed by atoms with E-state index >= 15 is 0 Å². The molecule has 1 unspecified atom stereocenters. The fourth-order valence-corrected chi connectivity index (χ4v) is 2.33. The number of anilines is 1. The van der Waals surface area contributed by atoms with Gasteiger partial charge in [0, 0.05) is 18.8 Å². The summed E-state index contributed by atoms with van der Waals surface area (Å²) in [5.41, 5.74) is 3.31. The molecule has 0 bridgehead atoms. The number of hydrogen-bond acceptors (Lipinski definition) is 5. The highest BCUT2D eigenvalue weighted by molar-refractivity contribution is 5.99. The van der Waals surface area contributed by atoms with E-state index in [1.54, 1.807) is 12.3 Å². The standard InChI is InChI=1S/C13H20N4O2/c1-13(2)7-9(4-6-19-13)16-12(18)10-3-5-15-8-11(10)17-14/h3,5,8-9,17H,4,6-7,14H2,1-2H3,(H,16,18). The Labute approximate surface area is 112 Å². The molecule has 1 saturated heterocycles. The smallest absolute Gasteiger partial charge is 0.253 e. The van der Waals surface area contributed by atoms with Crippen molar-refractivity contribution in [2.45, 2.75) is 38.3 Å². The lowest BCUT2D eigenvalue weighted by molar-refractivity contribution is -0.0615. The van der Waals surface area contributed by atoms with Gasteiger partial charge in [-0.2, -0.15) is 0 Å². The Morgan fingerprint density at radius 1 is 1.58 bits per heavy atom. The zero-order chi connectivity index (χ0) is 13.9. The van der Waals surface area contributed by atoms with Crippen LogP contribution in [-0.2, 0) is 4.74 Å². The van der Waals surface area contributed by atoms with Crippen LogP contribution in [0.2, 0.25) is 0 Å². The molecule has 6 nitrogen and oxygen atoms in total. The van der Waals surface area contributed by atoms with E-state index in [2.05, 4.69) is 15.7 Å². The van der Waals surface area contributed by atoms with Crippen molar-refractivity contribution in [3.8, 4) is 0 Å². The number of nitrogens with two attached hydrogens (primary N) is 1. The third-order valence-corrected chi connectivity index (χ3v) is 3.25. The van der Waals surface area contributed by atoms with Crippen molar-refractivity contribution in [2.75, 3.05) is 12.0 Å². The van der Waals surface area contributed by atoms with Crippen molar-refractivity contribution in [3.05, 3.63) is 24.0 Å². The fraction of sp³-hybridized carbons (Fsp3) is 0.538. The molecule has 1 aliphatic heterocycles. The number of hydrogen-bond donors (Lipinski definition) is 3. The Kier molecular flexibility index (Phi) is 4.01. The quantitative estimate of drug-likeness (QED) is 0.561. The number of nitrogens with zero attached hydrogens (tertiary/aromatic N) is 1. The second kappa shape index (κ2) is 5.54. The van der Waals surface area contributed by atoms with E-state index in [0.717, 1.165) is 12.8 Å². The van der Waals surface area contributed by atoms with Gasteiger partial charge in [-0.1, -0.05) is 0 Å². The van der Waals surface area contributed by atoms with Gasteiger partial charge in [-0.15, -0.1) is 0 Å². The van der Waals surface area contributed by atoms with Crippen LogP contribution in [-0.4, -0.2) is 29.1 Å². The van der Waals surface area contributed by atoms with Crippen LogP contribution in [0.3, 0.4) is 0 Å². The summed E-state index contributed by atoms with van der Waals surface area (Å²) in [6, 6.07) is 1.77. The van der Waals surface area contributed by atoms with Crippen LogP contribution in [0.25, 0.3) is 0 Å². The Morgan fingerprint density at radius 2 is 2.37 bits per heavy atom. The van der Waals surface area contributed by atoms with Crippen LogP contribution in [0.4, 0.5) is 5.69 Å². The van der Waals surface area contributed by atoms with Crippen molar-refractivity contribution in [3.63, 3.8) is 0 Å². The summed E-state index contributed by atoms with van der Waals surface area (Å²) in [5.74, 6) is 5.23. The zero-order valence-corrected chi connectivity index (χ0v) is 11.3. The average Bonchev–Trinajstić information content (AvgIpc) is 2.37. The number of amides is 1. The Hall–Kier alpha value is -1.66. The van der Waals surface area contributed by atoms with Gasteiger partial charge in [0.2, 0.25) is 0 Å². The van der Waals surface area contributed by atoms with Crippen molar-refractivity contribution < 1.29 is 9.53 Å². The summed E-state index contributed by atoms with van der Waals surface area (Å²) in [5, 5.41) is 3.02. The number of nitrogen functional groups attached to an aromatic ring is 1. The molecule has 0 aromatic carbocycles. The number of ether oxygens (including phenoxy) is 1. The summed E-state index contributed by atoms with van der Waals surface area (Å²) in [7, 11) is 0. The molecule has 1 aromatic heterocycles. The first-order chi connectivity index (χ1) is 9.02. The third-order valence-electron chi connectivity index (χ3n) is 3.25. The first kappa shape index (κ1) is 13.8. The van der Waals surface area contributed by atoms with E-state index in [-0.39, 0.29) is 17.6 Å². The topological polar surface area (TPSA) is 89.3 Å². The molecule has 0 spiro atoms. The first-order valence-electron chi connectivity index (χ1n) is 6.37. The van der Waals surface area contributed by atoms with E-state index in [4.69, 9.17) is 10.6 Å². The Morgan fingerprint density at radius 3 is 3.05 bits per heavy atom. The summed E-state index contributed by atoms with van der Waals surface area (Å²) >= 11 is 0. The molecule has 1 aromatic rings. The van der Waals surface area contributed by atoms with E-state index in [9.17, 15) is 4.79 Å². The number of pyridine rings is 1. The highest BCUT2D eigenvalue weighted by atomic mass is 16.5. The normalized spacial score (nSPS) is 21.7. The van der Waals surface area contributed by atoms with Gasteiger partial charge in [-0.25, -0.2) is 0 Å². The second-order valence-electron chi connectivity index (χ2n) is 5.34. The highest BCUT2D eigenvalue weighted by Crippen LogP contribution is 2.24. The van der Waals surface area contributed by atoms with Crippen molar-refractivity contribution in [2.24, 2.45) is 5.84 Å². The number of carbonyl (C=O) groups excluding carboxylic acids is 1. The molecule has 0 aliphatic carbocycles. The van der Waals surface area contributed by atoms with Gasteiger partial charge in [-0.05, 0) is 32.8 Å². The molecule has 4 N–H and O–H groups in total. The minimum atomic E-state index is -0.191. The number of rotatable bonds is 3. The predicted molar refractivity (Wildman–Crippen MR) is 72.6 cm³/mol. The van der Waals surface area contributed by atoms with Crippen molar-refractivity contribution in [1.29, 1.82) is 0 Å². The van der Waals surface area contributed by atoms with E-state index < -0.39 is 0 Å². The predicted octanol–water partition coefficient (Wildman–Crippen LogP) is 1.05. The lowest BCUT2D eigenvalue weighted by Gasteiger charge is -2.35. The number of carbonyl (C=O) groups is 1. The number of hydrazine groups is 1. The van der Waals surface area contributed by atoms with Gasteiger partial charge < -0.3 is 15.5 Å². The van der Waals surface area contributed by atoms with Gasteiger partial charge in [0.05, 0.1) is 23.0 Å². The fourth-order valence-electron chi connectivity index (χ4n) is 2.33. The van der Waals surface area contributed by atoms with Gasteiger partial charge in [0.25, 0.3) is 5.91 Å². The molecule has 1 fully saturated rings. The second-order valence-corrected chi connectivity index (χ2v) is 5.34. The first-order valence-corrected chi connectivity index (χ1v) is 6.37. The maximum Gasteiger partial charge on any atom is 0.253 e. The minimum absolute atomic E-state index is 0.120. The van der Waals surface area contributed by atoms with Crippen molar-refractivity contribution >= 4 is 11.6 Å². The van der Waals surface area contributed by atoms with Gasteiger partial charge in [0.1, 0.15) is 0 Å². The number of nitrogens with one attached hydrogen (secondary N) is 2. The summed E-state index contributed by atoms with van der Waals surface area (Å²) in [6.45, 7) is 4.73. The van der Waals surface area contributed by atoms with Crippen LogP contribution in [0, 0.1) is 0 Å². The maximum absolute atomic E-state index is 12.2. The molecule has 104 valence electrons. The molecule has 19 heavy (non-hydrogen) atoms. The molecule has 1 amide bonds. The summed E-state index contributed by atoms with van der Waals surface area (Å²) in [6.07, 6.45) is 4.73. The number of aromatic nitrogens is 1. The molecule has 2 rings (SSSR count). The molecule has 1 atom stereocenters. The van der Waals surface area contributed by atoms with E-state index in [1.165, 1.54) is 6.20 Å². The summed E-state index contributed by atoms with van der Waals surface area (Å²) in [4.78, 5) is 16.2. The molecule has 0 saturated carbocycles. The molecule has 1 aliphatic rings. The van der Waals surface area contributed by atoms with Crippen LogP contribution in [0.15, 0.2) is 18.5 Å². The average molecular weight is 264 g/mol. The lowest BCUT2D eigenvalue weighted by atomic mass is 9.94. The Bertz CT molecular complexity index is 462.